The first kappa shape index (κ1) is 19.9. The lowest BCUT2D eigenvalue weighted by Crippen LogP contribution is -2.33. The van der Waals surface area contributed by atoms with Crippen molar-refractivity contribution < 1.29 is 28.2 Å². The minimum atomic E-state index is -4.07. The molecule has 2 aromatic carbocycles. The van der Waals surface area contributed by atoms with Gasteiger partial charge in [-0.2, -0.15) is 0 Å². The van der Waals surface area contributed by atoms with Gasteiger partial charge in [-0.3, -0.25) is 9.10 Å². The highest BCUT2D eigenvalue weighted by molar-refractivity contribution is 9.10. The molecule has 0 aliphatic rings. The predicted molar refractivity (Wildman–Crippen MR) is 98.9 cm³/mol. The number of carbonyl (C=O) groups is 2. The molecular weight excluding hydrogens is 426 g/mol. The molecule has 0 aromatic heterocycles. The Bertz CT molecular complexity index is 911. The van der Waals surface area contributed by atoms with Gasteiger partial charge >= 0.3 is 11.9 Å². The van der Waals surface area contributed by atoms with Crippen LogP contribution in [0.3, 0.4) is 0 Å². The molecule has 2 aromatic rings. The number of benzene rings is 2. The molecule has 26 heavy (non-hydrogen) atoms. The molecular formula is C17H16BrNO6S. The standard InChI is InChI=1S/C17H16BrNO6S/c18-12-7-9-13(10-8-12)26(24,25)19(11-3-6-16(20)21)15-5-2-1-4-14(15)17(22)23/h1-2,4-5,7-10H,3,6,11H2,(H,20,21)(H,22,23). The van der Waals surface area contributed by atoms with Crippen LogP contribution in [-0.4, -0.2) is 37.1 Å². The number of rotatable bonds is 8. The molecule has 9 heteroatoms. The monoisotopic (exact) mass is 441 g/mol. The second-order valence-corrected chi connectivity index (χ2v) is 8.13. The van der Waals surface area contributed by atoms with Gasteiger partial charge in [-0.25, -0.2) is 13.2 Å². The fourth-order valence-electron chi connectivity index (χ4n) is 2.35. The third-order valence-electron chi connectivity index (χ3n) is 3.56. The summed E-state index contributed by atoms with van der Waals surface area (Å²) in [5, 5.41) is 18.2. The van der Waals surface area contributed by atoms with Crippen molar-refractivity contribution in [3.63, 3.8) is 0 Å². The number of nitrogens with zero attached hydrogens (tertiary/aromatic N) is 1. The zero-order chi connectivity index (χ0) is 19.3. The van der Waals surface area contributed by atoms with E-state index in [-0.39, 0.29) is 35.5 Å². The Kier molecular flexibility index (Phi) is 6.38. The molecule has 0 fully saturated rings. The van der Waals surface area contributed by atoms with Crippen LogP contribution < -0.4 is 4.31 Å². The third-order valence-corrected chi connectivity index (χ3v) is 5.91. The predicted octanol–water partition coefficient (Wildman–Crippen LogP) is 3.21. The van der Waals surface area contributed by atoms with Gasteiger partial charge in [0.05, 0.1) is 16.1 Å². The first-order chi connectivity index (χ1) is 12.2. The number of sulfonamides is 1. The van der Waals surface area contributed by atoms with E-state index in [1.54, 1.807) is 12.1 Å². The van der Waals surface area contributed by atoms with Crippen molar-refractivity contribution in [1.82, 2.24) is 0 Å². The summed E-state index contributed by atoms with van der Waals surface area (Å²) in [5.41, 5.74) is -0.184. The van der Waals surface area contributed by atoms with Crippen LogP contribution in [0, 0.1) is 0 Å². The number of aromatic carboxylic acids is 1. The van der Waals surface area contributed by atoms with Crippen molar-refractivity contribution in [2.45, 2.75) is 17.7 Å². The van der Waals surface area contributed by atoms with Crippen molar-refractivity contribution >= 4 is 43.6 Å². The molecule has 0 saturated heterocycles. The lowest BCUT2D eigenvalue weighted by molar-refractivity contribution is -0.137. The van der Waals surface area contributed by atoms with Gasteiger partial charge in [-0.15, -0.1) is 0 Å². The highest BCUT2D eigenvalue weighted by atomic mass is 79.9. The Labute approximate surface area is 159 Å². The number of aliphatic carboxylic acids is 1. The zero-order valence-electron chi connectivity index (χ0n) is 13.5. The van der Waals surface area contributed by atoms with E-state index >= 15 is 0 Å². The molecule has 0 spiro atoms. The zero-order valence-corrected chi connectivity index (χ0v) is 15.9. The van der Waals surface area contributed by atoms with E-state index in [0.29, 0.717) is 4.47 Å². The second kappa shape index (κ2) is 8.33. The highest BCUT2D eigenvalue weighted by Gasteiger charge is 2.28. The summed E-state index contributed by atoms with van der Waals surface area (Å²) in [6, 6.07) is 11.6. The van der Waals surface area contributed by atoms with Crippen LogP contribution in [0.2, 0.25) is 0 Å². The summed E-state index contributed by atoms with van der Waals surface area (Å²) in [7, 11) is -4.07. The van der Waals surface area contributed by atoms with Crippen molar-refractivity contribution in [1.29, 1.82) is 0 Å². The molecule has 0 unspecified atom stereocenters. The average molecular weight is 442 g/mol. The van der Waals surface area contributed by atoms with Crippen molar-refractivity contribution in [2.75, 3.05) is 10.8 Å². The van der Waals surface area contributed by atoms with Crippen LogP contribution in [0.25, 0.3) is 0 Å². The molecule has 0 heterocycles. The summed E-state index contributed by atoms with van der Waals surface area (Å²) in [6.45, 7) is -0.158. The third kappa shape index (κ3) is 4.61. The Morgan fingerprint density at radius 2 is 1.62 bits per heavy atom. The summed E-state index contributed by atoms with van der Waals surface area (Å²) >= 11 is 3.23. The van der Waals surface area contributed by atoms with E-state index in [4.69, 9.17) is 5.11 Å². The maximum atomic E-state index is 13.1. The Hall–Kier alpha value is -2.39. The van der Waals surface area contributed by atoms with Gasteiger partial charge in [-0.05, 0) is 42.8 Å². The van der Waals surface area contributed by atoms with Crippen LogP contribution in [0.5, 0.6) is 0 Å². The topological polar surface area (TPSA) is 112 Å². The van der Waals surface area contributed by atoms with Crippen LogP contribution >= 0.6 is 15.9 Å². The fraction of sp³-hybridized carbons (Fsp3) is 0.176. The first-order valence-electron chi connectivity index (χ1n) is 7.56. The van der Waals surface area contributed by atoms with Gasteiger partial charge in [0.2, 0.25) is 0 Å². The summed E-state index contributed by atoms with van der Waals surface area (Å²) < 4.78 is 27.8. The van der Waals surface area contributed by atoms with Gasteiger partial charge in [0.1, 0.15) is 0 Å². The summed E-state index contributed by atoms with van der Waals surface area (Å²) in [5.74, 6) is -2.33. The average Bonchev–Trinajstić information content (AvgIpc) is 2.58. The SMILES string of the molecule is O=C(O)CCCN(c1ccccc1C(=O)O)S(=O)(=O)c1ccc(Br)cc1. The molecule has 0 radical (unpaired) electrons. The summed E-state index contributed by atoms with van der Waals surface area (Å²) in [4.78, 5) is 22.3. The Balaban J connectivity index is 2.52. The van der Waals surface area contributed by atoms with Crippen LogP contribution in [0.15, 0.2) is 57.9 Å². The van der Waals surface area contributed by atoms with Gasteiger partial charge < -0.3 is 10.2 Å². The molecule has 0 bridgehead atoms. The van der Waals surface area contributed by atoms with E-state index in [1.807, 2.05) is 0 Å². The van der Waals surface area contributed by atoms with Crippen LogP contribution in [0.4, 0.5) is 5.69 Å². The quantitative estimate of drug-likeness (QED) is 0.650. The Morgan fingerprint density at radius 3 is 2.19 bits per heavy atom. The number of halogens is 1. The van der Waals surface area contributed by atoms with E-state index < -0.39 is 22.0 Å². The number of hydrogen-bond acceptors (Lipinski definition) is 4. The van der Waals surface area contributed by atoms with E-state index in [0.717, 1.165) is 4.31 Å². The molecule has 0 aliphatic carbocycles. The van der Waals surface area contributed by atoms with Gasteiger partial charge in [0.25, 0.3) is 10.0 Å². The highest BCUT2D eigenvalue weighted by Crippen LogP contribution is 2.28. The van der Waals surface area contributed by atoms with Crippen LogP contribution in [0.1, 0.15) is 23.2 Å². The second-order valence-electron chi connectivity index (χ2n) is 5.35. The van der Waals surface area contributed by atoms with E-state index in [1.165, 1.54) is 36.4 Å². The molecule has 138 valence electrons. The number of hydrogen-bond donors (Lipinski definition) is 2. The smallest absolute Gasteiger partial charge is 0.337 e. The van der Waals surface area contributed by atoms with Crippen LogP contribution in [-0.2, 0) is 14.8 Å². The normalized spacial score (nSPS) is 11.1. The number of carboxylic acid groups (broad SMARTS) is 2. The minimum Gasteiger partial charge on any atom is -0.481 e. The van der Waals surface area contributed by atoms with Gasteiger partial charge in [0, 0.05) is 17.4 Å². The molecule has 2 N–H and O–H groups in total. The minimum absolute atomic E-state index is 0.00620. The fourth-order valence-corrected chi connectivity index (χ4v) is 4.14. The maximum Gasteiger partial charge on any atom is 0.337 e. The Morgan fingerprint density at radius 1 is 1.00 bits per heavy atom. The van der Waals surface area contributed by atoms with E-state index in [2.05, 4.69) is 15.9 Å². The lowest BCUT2D eigenvalue weighted by Gasteiger charge is -2.25. The molecule has 0 aliphatic heterocycles. The molecule has 0 amide bonds. The first-order valence-corrected chi connectivity index (χ1v) is 9.79. The van der Waals surface area contributed by atoms with Gasteiger partial charge in [0.15, 0.2) is 0 Å². The van der Waals surface area contributed by atoms with Crippen molar-refractivity contribution in [3.8, 4) is 0 Å². The molecule has 0 saturated carbocycles. The van der Waals surface area contributed by atoms with E-state index in [9.17, 15) is 23.1 Å². The largest absolute Gasteiger partial charge is 0.481 e. The number of para-hydroxylation sites is 1. The lowest BCUT2D eigenvalue weighted by atomic mass is 10.1. The van der Waals surface area contributed by atoms with Crippen molar-refractivity contribution in [2.24, 2.45) is 0 Å². The van der Waals surface area contributed by atoms with Crippen molar-refractivity contribution in [3.05, 3.63) is 58.6 Å². The number of anilines is 1. The number of carboxylic acids is 2. The maximum absolute atomic E-state index is 13.1. The summed E-state index contributed by atoms with van der Waals surface area (Å²) in [6.07, 6.45) is -0.194. The molecule has 0 atom stereocenters. The molecule has 2 rings (SSSR count). The molecule has 7 nitrogen and oxygen atoms in total. The van der Waals surface area contributed by atoms with Gasteiger partial charge in [-0.1, -0.05) is 28.1 Å².